The molecule has 0 saturated heterocycles. The molecule has 0 heterocycles. The quantitative estimate of drug-likeness (QED) is 0.715. The number of aliphatic hydroxyl groups excluding tert-OH is 2. The van der Waals surface area contributed by atoms with Crippen molar-refractivity contribution in [1.29, 1.82) is 0 Å². The molecule has 2 N–H and O–H groups in total. The Morgan fingerprint density at radius 3 is 1.25 bits per heavy atom. The highest BCUT2D eigenvalue weighted by molar-refractivity contribution is 5.13. The van der Waals surface area contributed by atoms with E-state index in [1.807, 2.05) is 0 Å². The van der Waals surface area contributed by atoms with Crippen LogP contribution in [-0.2, 0) is 0 Å². The molecule has 0 bridgehead atoms. The summed E-state index contributed by atoms with van der Waals surface area (Å²) in [7, 11) is 0. The highest BCUT2D eigenvalue weighted by atomic mass is 16.3. The molecular weight excluding hydrogens is 248 g/mol. The van der Waals surface area contributed by atoms with Crippen LogP contribution in [0.2, 0.25) is 0 Å². The van der Waals surface area contributed by atoms with Crippen LogP contribution >= 0.6 is 0 Å². The first-order valence-electron chi connectivity index (χ1n) is 8.79. The zero-order valence-electron chi connectivity index (χ0n) is 13.2. The van der Waals surface area contributed by atoms with Crippen LogP contribution < -0.4 is 0 Å². The van der Waals surface area contributed by atoms with Crippen LogP contribution in [0.1, 0.15) is 40.5 Å². The summed E-state index contributed by atoms with van der Waals surface area (Å²) < 4.78 is 0. The van der Waals surface area contributed by atoms with Gasteiger partial charge in [0.15, 0.2) is 0 Å². The number of rotatable bonds is 0. The fourth-order valence-corrected chi connectivity index (χ4v) is 7.37. The van der Waals surface area contributed by atoms with Crippen LogP contribution in [0.3, 0.4) is 0 Å². The van der Waals surface area contributed by atoms with Crippen LogP contribution in [0.25, 0.3) is 0 Å². The molecule has 4 aliphatic carbocycles. The van der Waals surface area contributed by atoms with Crippen LogP contribution in [0.4, 0.5) is 0 Å². The largest absolute Gasteiger partial charge is 0.393 e. The highest BCUT2D eigenvalue weighted by Crippen LogP contribution is 2.67. The monoisotopic (exact) mass is 278 g/mol. The summed E-state index contributed by atoms with van der Waals surface area (Å²) in [5.74, 6) is 6.27. The lowest BCUT2D eigenvalue weighted by Gasteiger charge is -2.50. The molecule has 2 nitrogen and oxygen atoms in total. The maximum absolute atomic E-state index is 10.8. The first-order valence-corrected chi connectivity index (χ1v) is 8.79. The van der Waals surface area contributed by atoms with Crippen molar-refractivity contribution in [2.45, 2.75) is 52.7 Å². The third-order valence-electron chi connectivity index (χ3n) is 8.46. The predicted octanol–water partition coefficient (Wildman–Crippen LogP) is 2.78. The minimum absolute atomic E-state index is 0.0904. The summed E-state index contributed by atoms with van der Waals surface area (Å²) in [4.78, 5) is 0. The maximum Gasteiger partial charge on any atom is 0.0576 e. The predicted molar refractivity (Wildman–Crippen MR) is 78.8 cm³/mol. The van der Waals surface area contributed by atoms with Crippen molar-refractivity contribution in [3.63, 3.8) is 0 Å². The van der Waals surface area contributed by atoms with Gasteiger partial charge in [-0.05, 0) is 72.0 Å². The van der Waals surface area contributed by atoms with Crippen molar-refractivity contribution >= 4 is 0 Å². The normalized spacial score (nSPS) is 68.1. The SMILES string of the molecule is CC1C(C)C2C(O)CC3C(C)C(C)C4C(O)CC1C2C34. The Bertz CT molecular complexity index is 370. The molecule has 4 saturated carbocycles. The zero-order valence-corrected chi connectivity index (χ0v) is 13.2. The van der Waals surface area contributed by atoms with Gasteiger partial charge >= 0.3 is 0 Å². The van der Waals surface area contributed by atoms with E-state index in [2.05, 4.69) is 27.7 Å². The molecule has 0 aromatic carbocycles. The van der Waals surface area contributed by atoms with Gasteiger partial charge in [-0.1, -0.05) is 27.7 Å². The number of aliphatic hydroxyl groups is 2. The summed E-state index contributed by atoms with van der Waals surface area (Å²) in [6.45, 7) is 9.43. The van der Waals surface area contributed by atoms with Gasteiger partial charge in [-0.25, -0.2) is 0 Å². The summed E-state index contributed by atoms with van der Waals surface area (Å²) in [6, 6.07) is 0. The highest BCUT2D eigenvalue weighted by Gasteiger charge is 2.65. The lowest BCUT2D eigenvalue weighted by Crippen LogP contribution is -2.50. The van der Waals surface area contributed by atoms with E-state index in [4.69, 9.17) is 0 Å². The summed E-state index contributed by atoms with van der Waals surface area (Å²) in [6.07, 6.45) is 1.80. The Labute approximate surface area is 123 Å². The van der Waals surface area contributed by atoms with Crippen molar-refractivity contribution in [3.05, 3.63) is 0 Å². The minimum atomic E-state index is -0.0904. The topological polar surface area (TPSA) is 40.5 Å². The van der Waals surface area contributed by atoms with Gasteiger partial charge in [0.1, 0.15) is 0 Å². The lowest BCUT2D eigenvalue weighted by atomic mass is 9.57. The minimum Gasteiger partial charge on any atom is -0.393 e. The average Bonchev–Trinajstić information content (AvgIpc) is 2.80. The molecule has 114 valence electrons. The van der Waals surface area contributed by atoms with Gasteiger partial charge in [-0.3, -0.25) is 0 Å². The van der Waals surface area contributed by atoms with Crippen molar-refractivity contribution in [2.24, 2.45) is 59.2 Å². The molecule has 0 radical (unpaired) electrons. The number of hydrogen-bond acceptors (Lipinski definition) is 2. The molecule has 4 aliphatic rings. The van der Waals surface area contributed by atoms with Crippen molar-refractivity contribution in [2.75, 3.05) is 0 Å². The average molecular weight is 278 g/mol. The van der Waals surface area contributed by atoms with E-state index in [9.17, 15) is 10.2 Å². The summed E-state index contributed by atoms with van der Waals surface area (Å²) in [5.41, 5.74) is 0. The molecule has 4 fully saturated rings. The fraction of sp³-hybridized carbons (Fsp3) is 1.00. The summed E-state index contributed by atoms with van der Waals surface area (Å²) in [5, 5.41) is 21.5. The van der Waals surface area contributed by atoms with Crippen LogP contribution in [0.15, 0.2) is 0 Å². The van der Waals surface area contributed by atoms with E-state index in [-0.39, 0.29) is 12.2 Å². The van der Waals surface area contributed by atoms with Crippen molar-refractivity contribution < 1.29 is 10.2 Å². The second-order valence-corrected chi connectivity index (χ2v) is 8.68. The zero-order chi connectivity index (χ0) is 14.3. The second-order valence-electron chi connectivity index (χ2n) is 8.68. The van der Waals surface area contributed by atoms with Crippen molar-refractivity contribution in [1.82, 2.24) is 0 Å². The molecule has 12 atom stereocenters. The Balaban J connectivity index is 1.80. The maximum atomic E-state index is 10.8. The van der Waals surface area contributed by atoms with Crippen molar-refractivity contribution in [3.8, 4) is 0 Å². The van der Waals surface area contributed by atoms with E-state index < -0.39 is 0 Å². The van der Waals surface area contributed by atoms with Gasteiger partial charge in [-0.2, -0.15) is 0 Å². The molecule has 0 spiro atoms. The third kappa shape index (κ3) is 1.43. The lowest BCUT2D eigenvalue weighted by molar-refractivity contribution is -0.0971. The molecule has 0 amide bonds. The van der Waals surface area contributed by atoms with Gasteiger partial charge in [0.25, 0.3) is 0 Å². The molecule has 20 heavy (non-hydrogen) atoms. The Morgan fingerprint density at radius 1 is 0.550 bits per heavy atom. The Morgan fingerprint density at radius 2 is 0.900 bits per heavy atom. The van der Waals surface area contributed by atoms with E-state index in [1.165, 1.54) is 0 Å². The van der Waals surface area contributed by atoms with E-state index >= 15 is 0 Å². The van der Waals surface area contributed by atoms with Gasteiger partial charge in [-0.15, -0.1) is 0 Å². The first-order chi connectivity index (χ1) is 9.43. The van der Waals surface area contributed by atoms with E-state index in [1.54, 1.807) is 0 Å². The molecule has 2 heteroatoms. The smallest absolute Gasteiger partial charge is 0.0576 e. The second kappa shape index (κ2) is 4.23. The molecule has 0 aromatic rings. The summed E-state index contributed by atoms with van der Waals surface area (Å²) >= 11 is 0. The fourth-order valence-electron chi connectivity index (χ4n) is 7.37. The third-order valence-corrected chi connectivity index (χ3v) is 8.46. The van der Waals surface area contributed by atoms with E-state index in [0.29, 0.717) is 59.2 Å². The molecule has 4 rings (SSSR count). The standard InChI is InChI=1S/C18H30O2/c1-7-9(3)15-14(20)6-12-8(2)10(4)16-13(19)5-11(7)17(15)18(12)16/h7-20H,5-6H2,1-4H3. The Kier molecular flexibility index (Phi) is 2.87. The van der Waals surface area contributed by atoms with Gasteiger partial charge in [0.05, 0.1) is 12.2 Å². The molecule has 0 aromatic heterocycles. The molecular formula is C18H30O2. The first kappa shape index (κ1) is 13.6. The number of hydrogen-bond donors (Lipinski definition) is 2. The van der Waals surface area contributed by atoms with Gasteiger partial charge in [0.2, 0.25) is 0 Å². The van der Waals surface area contributed by atoms with Gasteiger partial charge in [0, 0.05) is 0 Å². The van der Waals surface area contributed by atoms with Crippen LogP contribution in [-0.4, -0.2) is 22.4 Å². The molecule has 0 aliphatic heterocycles. The molecule has 12 unspecified atom stereocenters. The van der Waals surface area contributed by atoms with Crippen LogP contribution in [0.5, 0.6) is 0 Å². The van der Waals surface area contributed by atoms with Gasteiger partial charge < -0.3 is 10.2 Å². The Hall–Kier alpha value is -0.0800. The van der Waals surface area contributed by atoms with Crippen LogP contribution in [0, 0.1) is 59.2 Å². The van der Waals surface area contributed by atoms with E-state index in [0.717, 1.165) is 12.8 Å².